The van der Waals surface area contributed by atoms with Gasteiger partial charge in [-0.15, -0.1) is 0 Å². The van der Waals surface area contributed by atoms with Crippen LogP contribution in [0.1, 0.15) is 29.3 Å². The van der Waals surface area contributed by atoms with E-state index in [0.29, 0.717) is 5.56 Å². The first-order chi connectivity index (χ1) is 9.40. The molecule has 2 aromatic rings. The maximum absolute atomic E-state index is 12.2. The molecule has 0 amide bonds. The minimum atomic E-state index is -0.740. The Balaban J connectivity index is 2.50. The number of phenolic OH excluding ortho intramolecular Hbond substituents is 1. The first-order valence-electron chi connectivity index (χ1n) is 6.09. The summed E-state index contributed by atoms with van der Waals surface area (Å²) in [6, 6.07) is 1.36. The highest BCUT2D eigenvalue weighted by Crippen LogP contribution is 2.40. The second kappa shape index (κ2) is 4.24. The highest BCUT2D eigenvalue weighted by molar-refractivity contribution is 6.32. The number of ketones is 1. The second-order valence-electron chi connectivity index (χ2n) is 4.86. The molecule has 1 unspecified atom stereocenters. The molecule has 0 radical (unpaired) electrons. The second-order valence-corrected chi connectivity index (χ2v) is 5.24. The third-order valence-corrected chi connectivity index (χ3v) is 3.82. The lowest BCUT2D eigenvalue weighted by atomic mass is 9.97. The molecule has 5 nitrogen and oxygen atoms in total. The Kier molecular flexibility index (Phi) is 2.76. The van der Waals surface area contributed by atoms with E-state index in [4.69, 9.17) is 20.8 Å². The summed E-state index contributed by atoms with van der Waals surface area (Å²) in [4.78, 5) is 23.9. The molecular formula is C14H11ClO5. The molecule has 104 valence electrons. The van der Waals surface area contributed by atoms with Crippen LogP contribution in [-0.2, 0) is 0 Å². The maximum Gasteiger partial charge on any atom is 0.355 e. The van der Waals surface area contributed by atoms with Crippen molar-refractivity contribution < 1.29 is 19.1 Å². The third kappa shape index (κ3) is 1.70. The minimum absolute atomic E-state index is 0.0313. The number of Topliss-reactive ketones (excluding diaryl/α,β-unsaturated/α-hetero) is 1. The van der Waals surface area contributed by atoms with Crippen LogP contribution in [0.4, 0.5) is 0 Å². The fraction of sp³-hybridized carbons (Fsp3) is 0.286. The van der Waals surface area contributed by atoms with Crippen LogP contribution in [0.25, 0.3) is 11.0 Å². The number of hydrogen-bond donors (Lipinski definition) is 1. The molecule has 0 bridgehead atoms. The van der Waals surface area contributed by atoms with Crippen molar-refractivity contribution in [3.8, 4) is 11.5 Å². The van der Waals surface area contributed by atoms with Crippen molar-refractivity contribution in [2.75, 3.05) is 0 Å². The lowest BCUT2D eigenvalue weighted by Gasteiger charge is -2.23. The molecule has 0 saturated heterocycles. The van der Waals surface area contributed by atoms with Gasteiger partial charge in [0.15, 0.2) is 11.4 Å². The number of fused-ring (bicyclic) bond motifs is 3. The number of aryl methyl sites for hydroxylation is 1. The van der Waals surface area contributed by atoms with Crippen molar-refractivity contribution in [3.05, 3.63) is 32.6 Å². The summed E-state index contributed by atoms with van der Waals surface area (Å²) in [6.45, 7) is 3.34. The van der Waals surface area contributed by atoms with Gasteiger partial charge in [0.1, 0.15) is 28.2 Å². The van der Waals surface area contributed by atoms with Crippen molar-refractivity contribution >= 4 is 28.4 Å². The molecule has 1 N–H and O–H groups in total. The van der Waals surface area contributed by atoms with E-state index >= 15 is 0 Å². The van der Waals surface area contributed by atoms with Gasteiger partial charge >= 0.3 is 5.63 Å². The summed E-state index contributed by atoms with van der Waals surface area (Å²) in [6.07, 6.45) is -0.0925. The van der Waals surface area contributed by atoms with Crippen LogP contribution in [0.2, 0.25) is 5.02 Å². The van der Waals surface area contributed by atoms with Crippen LogP contribution >= 0.6 is 11.6 Å². The zero-order chi connectivity index (χ0) is 14.6. The molecule has 3 rings (SSSR count). The Morgan fingerprint density at radius 1 is 1.40 bits per heavy atom. The van der Waals surface area contributed by atoms with Crippen LogP contribution in [0.15, 0.2) is 15.3 Å². The largest absolute Gasteiger partial charge is 0.507 e. The van der Waals surface area contributed by atoms with Crippen LogP contribution in [-0.4, -0.2) is 17.0 Å². The summed E-state index contributed by atoms with van der Waals surface area (Å²) in [5.41, 5.74) is -0.142. The van der Waals surface area contributed by atoms with Gasteiger partial charge in [-0.2, -0.15) is 0 Å². The van der Waals surface area contributed by atoms with Gasteiger partial charge in [0.2, 0.25) is 0 Å². The predicted molar refractivity (Wildman–Crippen MR) is 72.9 cm³/mol. The molecule has 0 fully saturated rings. The van der Waals surface area contributed by atoms with Crippen LogP contribution in [0.5, 0.6) is 11.5 Å². The standard InChI is InChI=1S/C14H11ClO5/c1-5-3-7(16)11-9(19-5)4-8(17)10-6(2)12(15)14(18)20-13(10)11/h4-5,17H,3H2,1-2H3. The van der Waals surface area contributed by atoms with Crippen LogP contribution < -0.4 is 10.4 Å². The molecule has 2 heterocycles. The van der Waals surface area contributed by atoms with Gasteiger partial charge in [-0.3, -0.25) is 4.79 Å². The lowest BCUT2D eigenvalue weighted by molar-refractivity contribution is 0.0871. The highest BCUT2D eigenvalue weighted by Gasteiger charge is 2.30. The molecule has 1 atom stereocenters. The average Bonchev–Trinajstić information content (AvgIpc) is 2.34. The molecule has 20 heavy (non-hydrogen) atoms. The fourth-order valence-electron chi connectivity index (χ4n) is 2.47. The molecular weight excluding hydrogens is 284 g/mol. The summed E-state index contributed by atoms with van der Waals surface area (Å²) >= 11 is 5.84. The summed E-state index contributed by atoms with van der Waals surface area (Å²) in [5.74, 6) is -0.0963. The Morgan fingerprint density at radius 3 is 2.80 bits per heavy atom. The van der Waals surface area contributed by atoms with E-state index in [1.54, 1.807) is 13.8 Å². The van der Waals surface area contributed by atoms with Crippen LogP contribution in [0.3, 0.4) is 0 Å². The number of aromatic hydroxyl groups is 1. The summed E-state index contributed by atoms with van der Waals surface area (Å²) < 4.78 is 10.6. The van der Waals surface area contributed by atoms with Gasteiger partial charge in [0.25, 0.3) is 0 Å². The number of halogens is 1. The van der Waals surface area contributed by atoms with Crippen molar-refractivity contribution in [2.45, 2.75) is 26.4 Å². The van der Waals surface area contributed by atoms with Gasteiger partial charge in [0, 0.05) is 12.5 Å². The number of carbonyl (C=O) groups is 1. The zero-order valence-corrected chi connectivity index (χ0v) is 11.6. The Morgan fingerprint density at radius 2 is 2.10 bits per heavy atom. The molecule has 6 heteroatoms. The first kappa shape index (κ1) is 13.0. The van der Waals surface area contributed by atoms with Gasteiger partial charge in [-0.25, -0.2) is 4.79 Å². The van der Waals surface area contributed by atoms with Gasteiger partial charge in [-0.05, 0) is 19.4 Å². The number of benzene rings is 1. The molecule has 0 spiro atoms. The molecule has 0 saturated carbocycles. The van der Waals surface area contributed by atoms with Crippen molar-refractivity contribution in [2.24, 2.45) is 0 Å². The van der Waals surface area contributed by atoms with Crippen molar-refractivity contribution in [1.29, 1.82) is 0 Å². The minimum Gasteiger partial charge on any atom is -0.507 e. The molecule has 1 aromatic carbocycles. The number of phenols is 1. The maximum atomic E-state index is 12.2. The predicted octanol–water partition coefficient (Wildman–Crippen LogP) is 2.81. The van der Waals surface area contributed by atoms with E-state index < -0.39 is 5.63 Å². The third-order valence-electron chi connectivity index (χ3n) is 3.38. The van der Waals surface area contributed by atoms with E-state index in [-0.39, 0.29) is 51.4 Å². The first-order valence-corrected chi connectivity index (χ1v) is 6.46. The van der Waals surface area contributed by atoms with E-state index in [0.717, 1.165) is 0 Å². The summed E-state index contributed by atoms with van der Waals surface area (Å²) in [5, 5.41) is 10.2. The Labute approximate surface area is 118 Å². The van der Waals surface area contributed by atoms with E-state index in [1.165, 1.54) is 6.07 Å². The van der Waals surface area contributed by atoms with Gasteiger partial charge < -0.3 is 14.3 Å². The SMILES string of the molecule is Cc1c(Cl)c(=O)oc2c3c(cc(O)c12)OC(C)CC3=O. The molecule has 1 aliphatic rings. The number of rotatable bonds is 0. The normalized spacial score (nSPS) is 17.9. The molecule has 0 aliphatic carbocycles. The van der Waals surface area contributed by atoms with Crippen molar-refractivity contribution in [3.63, 3.8) is 0 Å². The number of carbonyl (C=O) groups excluding carboxylic acids is 1. The summed E-state index contributed by atoms with van der Waals surface area (Å²) in [7, 11) is 0. The zero-order valence-electron chi connectivity index (χ0n) is 10.8. The smallest absolute Gasteiger partial charge is 0.355 e. The number of ether oxygens (including phenoxy) is 1. The van der Waals surface area contributed by atoms with Crippen LogP contribution in [0, 0.1) is 6.92 Å². The van der Waals surface area contributed by atoms with Crippen molar-refractivity contribution in [1.82, 2.24) is 0 Å². The van der Waals surface area contributed by atoms with E-state index in [1.807, 2.05) is 0 Å². The quantitative estimate of drug-likeness (QED) is 0.756. The topological polar surface area (TPSA) is 76.7 Å². The highest BCUT2D eigenvalue weighted by atomic mass is 35.5. The molecule has 1 aliphatic heterocycles. The Hall–Kier alpha value is -2.01. The fourth-order valence-corrected chi connectivity index (χ4v) is 2.60. The monoisotopic (exact) mass is 294 g/mol. The average molecular weight is 295 g/mol. The molecule has 1 aromatic heterocycles. The van der Waals surface area contributed by atoms with E-state index in [2.05, 4.69) is 0 Å². The number of hydrogen-bond acceptors (Lipinski definition) is 5. The van der Waals surface area contributed by atoms with E-state index in [9.17, 15) is 14.7 Å². The Bertz CT molecular complexity index is 806. The van der Waals surface area contributed by atoms with Gasteiger partial charge in [0.05, 0.1) is 5.39 Å². The lowest BCUT2D eigenvalue weighted by Crippen LogP contribution is -2.24. The van der Waals surface area contributed by atoms with Gasteiger partial charge in [-0.1, -0.05) is 11.6 Å².